The fraction of sp³-hybridized carbons (Fsp3) is 0.444. The molecular formula is C18H21BrN2. The van der Waals surface area contributed by atoms with Crippen molar-refractivity contribution in [1.29, 1.82) is 0 Å². The number of fused-ring (bicyclic) bond motifs is 2. The summed E-state index contributed by atoms with van der Waals surface area (Å²) in [5, 5.41) is 2.65. The second-order valence-electron chi connectivity index (χ2n) is 6.31. The molecule has 2 heterocycles. The standard InChI is InChI=1S/C18H21BrN2/c19-16-6-4-15-12-17(7-5-14(15)11-16)21-10-2-9-20-8-1-3-18(20)13-21/h4-7,11-12,18H,1-3,8-10,13H2. The van der Waals surface area contributed by atoms with Crippen LogP contribution in [0.15, 0.2) is 40.9 Å². The second-order valence-corrected chi connectivity index (χ2v) is 7.22. The summed E-state index contributed by atoms with van der Waals surface area (Å²) in [5.74, 6) is 0. The minimum absolute atomic E-state index is 0.771. The molecule has 0 bridgehead atoms. The number of halogens is 1. The third kappa shape index (κ3) is 2.69. The Kier molecular flexibility index (Phi) is 3.64. The molecular weight excluding hydrogens is 324 g/mol. The van der Waals surface area contributed by atoms with Crippen LogP contribution in [-0.2, 0) is 0 Å². The third-order valence-corrected chi connectivity index (χ3v) is 5.45. The van der Waals surface area contributed by atoms with E-state index >= 15 is 0 Å². The van der Waals surface area contributed by atoms with Crippen LogP contribution >= 0.6 is 15.9 Å². The number of anilines is 1. The molecule has 0 aromatic heterocycles. The van der Waals surface area contributed by atoms with Crippen LogP contribution in [0.3, 0.4) is 0 Å². The van der Waals surface area contributed by atoms with Crippen LogP contribution < -0.4 is 4.90 Å². The molecule has 2 aliphatic rings. The van der Waals surface area contributed by atoms with E-state index in [2.05, 4.69) is 62.1 Å². The van der Waals surface area contributed by atoms with E-state index in [1.54, 1.807) is 0 Å². The lowest BCUT2D eigenvalue weighted by atomic mass is 10.1. The normalized spacial score (nSPS) is 23.3. The van der Waals surface area contributed by atoms with Gasteiger partial charge in [0.15, 0.2) is 0 Å². The molecule has 0 radical (unpaired) electrons. The van der Waals surface area contributed by atoms with E-state index in [0.717, 1.165) is 10.5 Å². The van der Waals surface area contributed by atoms with E-state index in [-0.39, 0.29) is 0 Å². The molecule has 1 unspecified atom stereocenters. The Balaban J connectivity index is 1.64. The molecule has 21 heavy (non-hydrogen) atoms. The highest BCUT2D eigenvalue weighted by atomic mass is 79.9. The Bertz CT molecular complexity index is 655. The zero-order chi connectivity index (χ0) is 14.2. The van der Waals surface area contributed by atoms with E-state index in [0.29, 0.717) is 0 Å². The summed E-state index contributed by atoms with van der Waals surface area (Å²) in [6.07, 6.45) is 4.04. The lowest BCUT2D eigenvalue weighted by Crippen LogP contribution is -2.36. The van der Waals surface area contributed by atoms with E-state index in [1.807, 2.05) is 0 Å². The molecule has 2 saturated heterocycles. The zero-order valence-electron chi connectivity index (χ0n) is 12.3. The predicted octanol–water partition coefficient (Wildman–Crippen LogP) is 4.28. The lowest BCUT2D eigenvalue weighted by molar-refractivity contribution is 0.273. The average molecular weight is 345 g/mol. The van der Waals surface area contributed by atoms with E-state index in [4.69, 9.17) is 0 Å². The van der Waals surface area contributed by atoms with Gasteiger partial charge >= 0.3 is 0 Å². The van der Waals surface area contributed by atoms with Crippen molar-refractivity contribution in [2.24, 2.45) is 0 Å². The topological polar surface area (TPSA) is 6.48 Å². The van der Waals surface area contributed by atoms with Gasteiger partial charge in [-0.3, -0.25) is 4.90 Å². The van der Waals surface area contributed by atoms with Crippen LogP contribution in [0.1, 0.15) is 19.3 Å². The van der Waals surface area contributed by atoms with Gasteiger partial charge in [-0.15, -0.1) is 0 Å². The summed E-state index contributed by atoms with van der Waals surface area (Å²) in [7, 11) is 0. The Morgan fingerprint density at radius 1 is 0.905 bits per heavy atom. The molecule has 2 aromatic rings. The van der Waals surface area contributed by atoms with Gasteiger partial charge in [-0.05, 0) is 60.8 Å². The molecule has 0 saturated carbocycles. The summed E-state index contributed by atoms with van der Waals surface area (Å²) in [4.78, 5) is 5.29. The maximum Gasteiger partial charge on any atom is 0.0373 e. The lowest BCUT2D eigenvalue weighted by Gasteiger charge is -2.27. The third-order valence-electron chi connectivity index (χ3n) is 4.95. The highest BCUT2D eigenvalue weighted by Crippen LogP contribution is 2.28. The fourth-order valence-corrected chi connectivity index (χ4v) is 4.22. The average Bonchev–Trinajstić information content (AvgIpc) is 2.84. The molecule has 3 heteroatoms. The van der Waals surface area contributed by atoms with Crippen LogP contribution in [0.25, 0.3) is 10.8 Å². The van der Waals surface area contributed by atoms with Crippen molar-refractivity contribution in [3.8, 4) is 0 Å². The number of nitrogens with zero attached hydrogens (tertiary/aromatic N) is 2. The quantitative estimate of drug-likeness (QED) is 0.761. The van der Waals surface area contributed by atoms with Crippen molar-refractivity contribution in [2.45, 2.75) is 25.3 Å². The molecule has 0 amide bonds. The highest BCUT2D eigenvalue weighted by molar-refractivity contribution is 9.10. The van der Waals surface area contributed by atoms with Crippen molar-refractivity contribution in [1.82, 2.24) is 4.90 Å². The molecule has 2 nitrogen and oxygen atoms in total. The minimum Gasteiger partial charge on any atom is -0.370 e. The summed E-state index contributed by atoms with van der Waals surface area (Å²) < 4.78 is 1.15. The van der Waals surface area contributed by atoms with Gasteiger partial charge in [-0.1, -0.05) is 28.1 Å². The van der Waals surface area contributed by atoms with Gasteiger partial charge in [0.05, 0.1) is 0 Å². The van der Waals surface area contributed by atoms with Gasteiger partial charge in [0.25, 0.3) is 0 Å². The first-order chi connectivity index (χ1) is 10.3. The molecule has 0 spiro atoms. The van der Waals surface area contributed by atoms with E-state index in [9.17, 15) is 0 Å². The Morgan fingerprint density at radius 2 is 1.71 bits per heavy atom. The van der Waals surface area contributed by atoms with Crippen LogP contribution in [0.2, 0.25) is 0 Å². The van der Waals surface area contributed by atoms with E-state index < -0.39 is 0 Å². The first kappa shape index (κ1) is 13.6. The molecule has 2 aromatic carbocycles. The highest BCUT2D eigenvalue weighted by Gasteiger charge is 2.28. The first-order valence-electron chi connectivity index (χ1n) is 7.98. The maximum absolute atomic E-state index is 3.55. The largest absolute Gasteiger partial charge is 0.370 e. The monoisotopic (exact) mass is 344 g/mol. The molecule has 4 rings (SSSR count). The molecule has 2 aliphatic heterocycles. The number of hydrogen-bond donors (Lipinski definition) is 0. The smallest absolute Gasteiger partial charge is 0.0373 e. The molecule has 1 atom stereocenters. The summed E-state index contributed by atoms with van der Waals surface area (Å²) >= 11 is 3.55. The van der Waals surface area contributed by atoms with E-state index in [1.165, 1.54) is 61.9 Å². The predicted molar refractivity (Wildman–Crippen MR) is 93.1 cm³/mol. The number of hydrogen-bond acceptors (Lipinski definition) is 2. The van der Waals surface area contributed by atoms with Crippen molar-refractivity contribution in [2.75, 3.05) is 31.1 Å². The SMILES string of the molecule is Brc1ccc2cc(N3CCCN4CCCC4C3)ccc2c1. The summed E-state index contributed by atoms with van der Waals surface area (Å²) in [5.41, 5.74) is 1.39. The molecule has 0 aliphatic carbocycles. The maximum atomic E-state index is 3.55. The number of benzene rings is 2. The van der Waals surface area contributed by atoms with Gasteiger partial charge < -0.3 is 4.90 Å². The Hall–Kier alpha value is -1.06. The molecule has 0 N–H and O–H groups in total. The fourth-order valence-electron chi connectivity index (χ4n) is 3.84. The van der Waals surface area contributed by atoms with Gasteiger partial charge in [-0.25, -0.2) is 0 Å². The van der Waals surface area contributed by atoms with Crippen molar-refractivity contribution >= 4 is 32.4 Å². The van der Waals surface area contributed by atoms with Crippen LogP contribution in [-0.4, -0.2) is 37.1 Å². The van der Waals surface area contributed by atoms with Crippen molar-refractivity contribution in [3.63, 3.8) is 0 Å². The molecule has 2 fully saturated rings. The van der Waals surface area contributed by atoms with Crippen LogP contribution in [0, 0.1) is 0 Å². The van der Waals surface area contributed by atoms with Gasteiger partial charge in [0, 0.05) is 35.8 Å². The van der Waals surface area contributed by atoms with Crippen LogP contribution in [0.5, 0.6) is 0 Å². The molecule has 110 valence electrons. The second kappa shape index (κ2) is 5.62. The van der Waals surface area contributed by atoms with Gasteiger partial charge in [0.1, 0.15) is 0 Å². The van der Waals surface area contributed by atoms with Gasteiger partial charge in [0.2, 0.25) is 0 Å². The first-order valence-corrected chi connectivity index (χ1v) is 8.77. The van der Waals surface area contributed by atoms with Crippen molar-refractivity contribution in [3.05, 3.63) is 40.9 Å². The Morgan fingerprint density at radius 3 is 2.67 bits per heavy atom. The Labute approximate surface area is 134 Å². The van der Waals surface area contributed by atoms with Crippen molar-refractivity contribution < 1.29 is 0 Å². The zero-order valence-corrected chi connectivity index (χ0v) is 13.8. The van der Waals surface area contributed by atoms with Gasteiger partial charge in [-0.2, -0.15) is 0 Å². The summed E-state index contributed by atoms with van der Waals surface area (Å²) in [6, 6.07) is 14.2. The number of rotatable bonds is 1. The minimum atomic E-state index is 0.771. The summed E-state index contributed by atoms with van der Waals surface area (Å²) in [6.45, 7) is 4.98. The van der Waals surface area contributed by atoms with Crippen LogP contribution in [0.4, 0.5) is 5.69 Å².